The number of esters is 1. The fourth-order valence-electron chi connectivity index (χ4n) is 3.76. The van der Waals surface area contributed by atoms with Gasteiger partial charge in [-0.2, -0.15) is 0 Å². The van der Waals surface area contributed by atoms with Crippen LogP contribution in [0.2, 0.25) is 0 Å². The number of likely N-dealkylation sites (tertiary alicyclic amines) is 1. The van der Waals surface area contributed by atoms with Gasteiger partial charge in [-0.05, 0) is 44.4 Å². The second-order valence-electron chi connectivity index (χ2n) is 7.21. The van der Waals surface area contributed by atoms with E-state index in [1.54, 1.807) is 30.9 Å². The van der Waals surface area contributed by atoms with Crippen molar-refractivity contribution in [3.8, 4) is 0 Å². The van der Waals surface area contributed by atoms with Gasteiger partial charge in [0.05, 0.1) is 18.4 Å². The fourth-order valence-corrected chi connectivity index (χ4v) is 3.76. The van der Waals surface area contributed by atoms with Gasteiger partial charge in [-0.15, -0.1) is 0 Å². The molecule has 27 heavy (non-hydrogen) atoms. The fraction of sp³-hybridized carbons (Fsp3) is 0.550. The predicted molar refractivity (Wildman–Crippen MR) is 97.5 cm³/mol. The summed E-state index contributed by atoms with van der Waals surface area (Å²) >= 11 is 0. The van der Waals surface area contributed by atoms with Gasteiger partial charge in [0.1, 0.15) is 5.82 Å². The Balaban J connectivity index is 1.66. The minimum atomic E-state index is -0.470. The first-order chi connectivity index (χ1) is 12.9. The molecule has 0 aromatic heterocycles. The highest BCUT2D eigenvalue weighted by Gasteiger charge is 2.39. The molecule has 2 fully saturated rings. The topological polar surface area (TPSA) is 66.9 Å². The van der Waals surface area contributed by atoms with E-state index in [1.165, 1.54) is 11.0 Å². The Morgan fingerprint density at radius 1 is 1.26 bits per heavy atom. The summed E-state index contributed by atoms with van der Waals surface area (Å²) in [5, 5.41) is 0. The molecule has 1 aromatic carbocycles. The molecule has 146 valence electrons. The molecule has 2 aliphatic rings. The van der Waals surface area contributed by atoms with Crippen LogP contribution in [-0.4, -0.2) is 48.9 Å². The molecule has 0 spiro atoms. The third-order valence-electron chi connectivity index (χ3n) is 5.29. The molecule has 2 amide bonds. The van der Waals surface area contributed by atoms with Crippen molar-refractivity contribution >= 4 is 23.5 Å². The van der Waals surface area contributed by atoms with Gasteiger partial charge in [-0.25, -0.2) is 4.39 Å². The summed E-state index contributed by atoms with van der Waals surface area (Å²) in [6, 6.07) is 4.65. The number of piperidine rings is 1. The second-order valence-corrected chi connectivity index (χ2v) is 7.21. The molecule has 2 saturated heterocycles. The number of ether oxygens (including phenoxy) is 1. The number of amides is 2. The van der Waals surface area contributed by atoms with Crippen molar-refractivity contribution in [1.82, 2.24) is 4.90 Å². The Morgan fingerprint density at radius 2 is 2.04 bits per heavy atom. The van der Waals surface area contributed by atoms with Gasteiger partial charge < -0.3 is 14.5 Å². The van der Waals surface area contributed by atoms with Crippen LogP contribution in [0.3, 0.4) is 0 Å². The summed E-state index contributed by atoms with van der Waals surface area (Å²) < 4.78 is 18.9. The van der Waals surface area contributed by atoms with E-state index in [0.29, 0.717) is 37.4 Å². The Morgan fingerprint density at radius 3 is 2.74 bits per heavy atom. The van der Waals surface area contributed by atoms with Gasteiger partial charge in [0, 0.05) is 31.7 Å². The zero-order valence-corrected chi connectivity index (χ0v) is 15.7. The molecule has 2 atom stereocenters. The van der Waals surface area contributed by atoms with Crippen LogP contribution in [0.25, 0.3) is 0 Å². The summed E-state index contributed by atoms with van der Waals surface area (Å²) in [6.07, 6.45) is 1.55. The molecular weight excluding hydrogens is 351 g/mol. The maximum atomic E-state index is 13.8. The van der Waals surface area contributed by atoms with Crippen LogP contribution < -0.4 is 4.90 Å². The van der Waals surface area contributed by atoms with Crippen LogP contribution in [0.5, 0.6) is 0 Å². The van der Waals surface area contributed by atoms with Crippen LogP contribution in [-0.2, 0) is 19.1 Å². The summed E-state index contributed by atoms with van der Waals surface area (Å²) in [6.45, 7) is 4.90. The zero-order valence-electron chi connectivity index (χ0n) is 15.7. The van der Waals surface area contributed by atoms with Crippen molar-refractivity contribution in [3.63, 3.8) is 0 Å². The normalized spacial score (nSPS) is 22.9. The third kappa shape index (κ3) is 4.12. The van der Waals surface area contributed by atoms with Crippen LogP contribution in [0.4, 0.5) is 10.1 Å². The lowest BCUT2D eigenvalue weighted by atomic mass is 9.96. The molecule has 2 heterocycles. The highest BCUT2D eigenvalue weighted by Crippen LogP contribution is 2.29. The van der Waals surface area contributed by atoms with E-state index >= 15 is 0 Å². The maximum Gasteiger partial charge on any atom is 0.310 e. The molecule has 7 heteroatoms. The monoisotopic (exact) mass is 376 g/mol. The lowest BCUT2D eigenvalue weighted by molar-refractivity contribution is -0.152. The van der Waals surface area contributed by atoms with Crippen molar-refractivity contribution in [2.75, 3.05) is 31.1 Å². The van der Waals surface area contributed by atoms with Gasteiger partial charge >= 0.3 is 5.97 Å². The molecular formula is C20H25FN2O4. The van der Waals surface area contributed by atoms with Gasteiger partial charge in [0.25, 0.3) is 0 Å². The number of hydrogen-bond acceptors (Lipinski definition) is 4. The number of anilines is 1. The number of hydrogen-bond donors (Lipinski definition) is 0. The van der Waals surface area contributed by atoms with E-state index < -0.39 is 5.92 Å². The average Bonchev–Trinajstić information content (AvgIpc) is 3.05. The minimum Gasteiger partial charge on any atom is -0.466 e. The van der Waals surface area contributed by atoms with E-state index in [2.05, 4.69) is 0 Å². The summed E-state index contributed by atoms with van der Waals surface area (Å²) in [7, 11) is 0. The highest BCUT2D eigenvalue weighted by atomic mass is 19.1. The largest absolute Gasteiger partial charge is 0.466 e. The number of carbonyl (C=O) groups is 3. The quantitative estimate of drug-likeness (QED) is 0.757. The third-order valence-corrected chi connectivity index (χ3v) is 5.29. The average molecular weight is 376 g/mol. The lowest BCUT2D eigenvalue weighted by Gasteiger charge is -2.33. The standard InChI is InChI=1S/C20H25FN2O4/c1-3-27-20(26)14-5-4-8-22(11-14)19(25)15-9-18(24)23(12-15)16-7-6-13(2)17(21)10-16/h6-7,10,14-15H,3-5,8-9,11-12H2,1-2H3/t14-,15+/m0/s1. The smallest absolute Gasteiger partial charge is 0.310 e. The summed E-state index contributed by atoms with van der Waals surface area (Å²) in [4.78, 5) is 40.4. The highest BCUT2D eigenvalue weighted by molar-refractivity contribution is 6.00. The van der Waals surface area contributed by atoms with Crippen molar-refractivity contribution in [1.29, 1.82) is 0 Å². The molecule has 0 unspecified atom stereocenters. The van der Waals surface area contributed by atoms with Crippen molar-refractivity contribution in [2.45, 2.75) is 33.1 Å². The van der Waals surface area contributed by atoms with E-state index in [9.17, 15) is 18.8 Å². The van der Waals surface area contributed by atoms with E-state index in [-0.39, 0.29) is 42.5 Å². The van der Waals surface area contributed by atoms with Gasteiger partial charge in [0.15, 0.2) is 0 Å². The predicted octanol–water partition coefficient (Wildman–Crippen LogP) is 2.29. The minimum absolute atomic E-state index is 0.106. The zero-order chi connectivity index (χ0) is 19.6. The van der Waals surface area contributed by atoms with Crippen LogP contribution >= 0.6 is 0 Å². The molecule has 0 aliphatic carbocycles. The van der Waals surface area contributed by atoms with E-state index in [4.69, 9.17) is 4.74 Å². The molecule has 6 nitrogen and oxygen atoms in total. The van der Waals surface area contributed by atoms with Gasteiger partial charge in [0.2, 0.25) is 11.8 Å². The lowest BCUT2D eigenvalue weighted by Crippen LogP contribution is -2.45. The Labute approximate surface area is 158 Å². The molecule has 0 saturated carbocycles. The SMILES string of the molecule is CCOC(=O)[C@H]1CCCN(C(=O)[C@@H]2CC(=O)N(c3ccc(C)c(F)c3)C2)C1. The Kier molecular flexibility index (Phi) is 5.77. The van der Waals surface area contributed by atoms with Crippen LogP contribution in [0.1, 0.15) is 31.7 Å². The van der Waals surface area contributed by atoms with Crippen molar-refractivity contribution in [3.05, 3.63) is 29.6 Å². The number of carbonyl (C=O) groups excluding carboxylic acids is 3. The first-order valence-corrected chi connectivity index (χ1v) is 9.42. The Hall–Kier alpha value is -2.44. The Bertz CT molecular complexity index is 751. The molecule has 0 N–H and O–H groups in total. The van der Waals surface area contributed by atoms with E-state index in [0.717, 1.165) is 6.42 Å². The first-order valence-electron chi connectivity index (χ1n) is 9.42. The number of aryl methyl sites for hydroxylation is 1. The van der Waals surface area contributed by atoms with Gasteiger partial charge in [-0.3, -0.25) is 14.4 Å². The van der Waals surface area contributed by atoms with E-state index in [1.807, 2.05) is 0 Å². The van der Waals surface area contributed by atoms with Crippen molar-refractivity contribution < 1.29 is 23.5 Å². The van der Waals surface area contributed by atoms with Crippen LogP contribution in [0.15, 0.2) is 18.2 Å². The number of rotatable bonds is 4. The van der Waals surface area contributed by atoms with Crippen LogP contribution in [0, 0.1) is 24.6 Å². The molecule has 0 radical (unpaired) electrons. The summed E-state index contributed by atoms with van der Waals surface area (Å²) in [5.74, 6) is -1.72. The summed E-state index contributed by atoms with van der Waals surface area (Å²) in [5.41, 5.74) is 0.984. The number of benzene rings is 1. The molecule has 1 aromatic rings. The molecule has 2 aliphatic heterocycles. The number of nitrogens with zero attached hydrogens (tertiary/aromatic N) is 2. The number of halogens is 1. The van der Waals surface area contributed by atoms with Crippen molar-refractivity contribution in [2.24, 2.45) is 11.8 Å². The maximum absolute atomic E-state index is 13.8. The van der Waals surface area contributed by atoms with Gasteiger partial charge in [-0.1, -0.05) is 6.07 Å². The first kappa shape index (κ1) is 19.3. The molecule has 0 bridgehead atoms. The second kappa shape index (κ2) is 8.06. The molecule has 3 rings (SSSR count).